The first-order valence-electron chi connectivity index (χ1n) is 6.13. The SMILES string of the molecule is Cc1cc(C(=O)NC(C#N)c2ccccc2)ccc1Br. The zero-order chi connectivity index (χ0) is 14.5. The van der Waals surface area contributed by atoms with Crippen molar-refractivity contribution in [3.05, 3.63) is 69.7 Å². The van der Waals surface area contributed by atoms with E-state index in [0.717, 1.165) is 15.6 Å². The van der Waals surface area contributed by atoms with Gasteiger partial charge in [0.2, 0.25) is 0 Å². The lowest BCUT2D eigenvalue weighted by atomic mass is 10.1. The van der Waals surface area contributed by atoms with Crippen LogP contribution in [0.15, 0.2) is 53.0 Å². The Bertz CT molecular complexity index is 662. The van der Waals surface area contributed by atoms with Gasteiger partial charge in [-0.1, -0.05) is 46.3 Å². The minimum atomic E-state index is -0.646. The maximum Gasteiger partial charge on any atom is 0.252 e. The van der Waals surface area contributed by atoms with Gasteiger partial charge in [0.15, 0.2) is 0 Å². The summed E-state index contributed by atoms with van der Waals surface area (Å²) in [5.74, 6) is -0.254. The first kappa shape index (κ1) is 14.3. The Labute approximate surface area is 126 Å². The molecule has 2 rings (SSSR count). The molecule has 4 heteroatoms. The highest BCUT2D eigenvalue weighted by Gasteiger charge is 2.15. The van der Waals surface area contributed by atoms with Gasteiger partial charge in [0.05, 0.1) is 6.07 Å². The van der Waals surface area contributed by atoms with E-state index in [2.05, 4.69) is 27.3 Å². The van der Waals surface area contributed by atoms with E-state index in [4.69, 9.17) is 0 Å². The molecule has 0 spiro atoms. The van der Waals surface area contributed by atoms with E-state index < -0.39 is 6.04 Å². The van der Waals surface area contributed by atoms with Crippen molar-refractivity contribution in [1.29, 1.82) is 5.26 Å². The second kappa shape index (κ2) is 6.36. The van der Waals surface area contributed by atoms with Crippen LogP contribution >= 0.6 is 15.9 Å². The van der Waals surface area contributed by atoms with Crippen molar-refractivity contribution in [3.63, 3.8) is 0 Å². The Morgan fingerprint density at radius 1 is 1.25 bits per heavy atom. The largest absolute Gasteiger partial charge is 0.333 e. The van der Waals surface area contributed by atoms with Crippen LogP contribution in [0.1, 0.15) is 27.5 Å². The highest BCUT2D eigenvalue weighted by molar-refractivity contribution is 9.10. The number of benzene rings is 2. The molecule has 0 aliphatic carbocycles. The number of hydrogen-bond donors (Lipinski definition) is 1. The third-order valence-corrected chi connectivity index (χ3v) is 3.85. The molecule has 0 radical (unpaired) electrons. The minimum absolute atomic E-state index is 0.254. The summed E-state index contributed by atoms with van der Waals surface area (Å²) in [4.78, 5) is 12.2. The number of carbonyl (C=O) groups is 1. The fourth-order valence-corrected chi connectivity index (χ4v) is 2.08. The molecular weight excluding hydrogens is 316 g/mol. The molecular formula is C16H13BrN2O. The summed E-state index contributed by atoms with van der Waals surface area (Å²) in [7, 11) is 0. The molecule has 0 aliphatic rings. The number of halogens is 1. The molecule has 0 heterocycles. The van der Waals surface area contributed by atoms with Gasteiger partial charge >= 0.3 is 0 Å². The maximum atomic E-state index is 12.2. The van der Waals surface area contributed by atoms with Gasteiger partial charge in [-0.3, -0.25) is 4.79 Å². The third kappa shape index (κ3) is 3.25. The number of rotatable bonds is 3. The molecule has 2 aromatic carbocycles. The molecule has 3 nitrogen and oxygen atoms in total. The summed E-state index contributed by atoms with van der Waals surface area (Å²) < 4.78 is 0.953. The zero-order valence-electron chi connectivity index (χ0n) is 10.9. The number of aryl methyl sites for hydroxylation is 1. The van der Waals surface area contributed by atoms with E-state index in [0.29, 0.717) is 5.56 Å². The van der Waals surface area contributed by atoms with Crippen molar-refractivity contribution < 1.29 is 4.79 Å². The lowest BCUT2D eigenvalue weighted by molar-refractivity contribution is 0.0945. The fourth-order valence-electron chi connectivity index (χ4n) is 1.84. The molecule has 100 valence electrons. The summed E-state index contributed by atoms with van der Waals surface area (Å²) in [6, 6.07) is 16.0. The summed E-state index contributed by atoms with van der Waals surface area (Å²) >= 11 is 3.40. The number of nitriles is 1. The van der Waals surface area contributed by atoms with Gasteiger partial charge in [-0.15, -0.1) is 0 Å². The van der Waals surface area contributed by atoms with E-state index in [1.807, 2.05) is 43.3 Å². The first-order chi connectivity index (χ1) is 9.61. The molecule has 1 N–H and O–H groups in total. The fraction of sp³-hybridized carbons (Fsp3) is 0.125. The monoisotopic (exact) mass is 328 g/mol. The van der Waals surface area contributed by atoms with Crippen molar-refractivity contribution in [2.45, 2.75) is 13.0 Å². The molecule has 20 heavy (non-hydrogen) atoms. The van der Waals surface area contributed by atoms with Crippen LogP contribution in [0, 0.1) is 18.3 Å². The normalized spacial score (nSPS) is 11.4. The van der Waals surface area contributed by atoms with E-state index in [1.54, 1.807) is 12.1 Å². The van der Waals surface area contributed by atoms with Gasteiger partial charge in [-0.25, -0.2) is 0 Å². The summed E-state index contributed by atoms with van der Waals surface area (Å²) in [6.07, 6.45) is 0. The molecule has 0 aromatic heterocycles. The van der Waals surface area contributed by atoms with E-state index >= 15 is 0 Å². The third-order valence-electron chi connectivity index (χ3n) is 2.96. The van der Waals surface area contributed by atoms with Gasteiger partial charge in [0.25, 0.3) is 5.91 Å². The van der Waals surface area contributed by atoms with Gasteiger partial charge in [-0.2, -0.15) is 5.26 Å². The van der Waals surface area contributed by atoms with Crippen LogP contribution in [-0.2, 0) is 0 Å². The summed E-state index contributed by atoms with van der Waals surface area (Å²) in [6.45, 7) is 1.92. The molecule has 1 unspecified atom stereocenters. The molecule has 0 bridgehead atoms. The van der Waals surface area contributed by atoms with Crippen molar-refractivity contribution in [2.24, 2.45) is 0 Å². The van der Waals surface area contributed by atoms with Crippen molar-refractivity contribution in [1.82, 2.24) is 5.32 Å². The van der Waals surface area contributed by atoms with Crippen LogP contribution in [0.4, 0.5) is 0 Å². The lowest BCUT2D eigenvalue weighted by Crippen LogP contribution is -2.27. The van der Waals surface area contributed by atoms with Gasteiger partial charge in [-0.05, 0) is 36.2 Å². The quantitative estimate of drug-likeness (QED) is 0.932. The highest BCUT2D eigenvalue weighted by atomic mass is 79.9. The maximum absolute atomic E-state index is 12.2. The number of hydrogen-bond acceptors (Lipinski definition) is 2. The molecule has 0 aliphatic heterocycles. The minimum Gasteiger partial charge on any atom is -0.333 e. The van der Waals surface area contributed by atoms with Crippen LogP contribution in [0.5, 0.6) is 0 Å². The van der Waals surface area contributed by atoms with Crippen molar-refractivity contribution >= 4 is 21.8 Å². The summed E-state index contributed by atoms with van der Waals surface area (Å²) in [5, 5.41) is 11.9. The Morgan fingerprint density at radius 2 is 1.95 bits per heavy atom. The van der Waals surface area contributed by atoms with Crippen LogP contribution in [0.25, 0.3) is 0 Å². The lowest BCUT2D eigenvalue weighted by Gasteiger charge is -2.12. The standard InChI is InChI=1S/C16H13BrN2O/c1-11-9-13(7-8-14(11)17)16(20)19-15(10-18)12-5-3-2-4-6-12/h2-9,15H,1H3,(H,19,20). The second-order valence-electron chi connectivity index (χ2n) is 4.41. The van der Waals surface area contributed by atoms with Crippen LogP contribution in [-0.4, -0.2) is 5.91 Å². The summed E-state index contributed by atoms with van der Waals surface area (Å²) in [5.41, 5.74) is 2.30. The number of nitrogens with zero attached hydrogens (tertiary/aromatic N) is 1. The number of carbonyl (C=O) groups excluding carboxylic acids is 1. The van der Waals surface area contributed by atoms with E-state index in [1.165, 1.54) is 0 Å². The molecule has 2 aromatic rings. The Hall–Kier alpha value is -2.12. The first-order valence-corrected chi connectivity index (χ1v) is 6.92. The highest BCUT2D eigenvalue weighted by Crippen LogP contribution is 2.18. The van der Waals surface area contributed by atoms with Crippen molar-refractivity contribution in [2.75, 3.05) is 0 Å². The Morgan fingerprint density at radius 3 is 2.55 bits per heavy atom. The second-order valence-corrected chi connectivity index (χ2v) is 5.26. The predicted molar refractivity (Wildman–Crippen MR) is 81.1 cm³/mol. The van der Waals surface area contributed by atoms with Crippen LogP contribution < -0.4 is 5.32 Å². The van der Waals surface area contributed by atoms with Gasteiger partial charge in [0.1, 0.15) is 6.04 Å². The average Bonchev–Trinajstić information content (AvgIpc) is 2.48. The van der Waals surface area contributed by atoms with Crippen LogP contribution in [0.3, 0.4) is 0 Å². The smallest absolute Gasteiger partial charge is 0.252 e. The Balaban J connectivity index is 2.18. The van der Waals surface area contributed by atoms with Crippen molar-refractivity contribution in [3.8, 4) is 6.07 Å². The molecule has 0 saturated heterocycles. The molecule has 0 saturated carbocycles. The molecule has 0 fully saturated rings. The number of amides is 1. The van der Waals surface area contributed by atoms with Gasteiger partial charge in [0, 0.05) is 10.0 Å². The zero-order valence-corrected chi connectivity index (χ0v) is 12.5. The number of nitrogens with one attached hydrogen (secondary N) is 1. The topological polar surface area (TPSA) is 52.9 Å². The van der Waals surface area contributed by atoms with E-state index in [-0.39, 0.29) is 5.91 Å². The Kier molecular flexibility index (Phi) is 4.54. The molecule has 1 amide bonds. The molecule has 1 atom stereocenters. The average molecular weight is 329 g/mol. The van der Waals surface area contributed by atoms with Gasteiger partial charge < -0.3 is 5.32 Å². The predicted octanol–water partition coefficient (Wildman–Crippen LogP) is 3.75. The van der Waals surface area contributed by atoms with E-state index in [9.17, 15) is 10.1 Å². The van der Waals surface area contributed by atoms with Crippen LogP contribution in [0.2, 0.25) is 0 Å².